The summed E-state index contributed by atoms with van der Waals surface area (Å²) in [6.45, 7) is 8.74. The summed E-state index contributed by atoms with van der Waals surface area (Å²) >= 11 is 0. The van der Waals surface area contributed by atoms with Crippen molar-refractivity contribution < 1.29 is 14.3 Å². The number of hydrogen-bond acceptors (Lipinski definition) is 3. The Hall–Kier alpha value is -0.990. The average molecular weight is 439 g/mol. The SMILES string of the molecule is CCCCCCCC/C=C\CCCCCCCCCCCCOC(=O)OC(C)C(C)C. The molecular weight excluding hydrogens is 384 g/mol. The summed E-state index contributed by atoms with van der Waals surface area (Å²) in [4.78, 5) is 11.5. The van der Waals surface area contributed by atoms with E-state index in [9.17, 15) is 4.79 Å². The Morgan fingerprint density at radius 1 is 0.645 bits per heavy atom. The topological polar surface area (TPSA) is 35.5 Å². The lowest BCUT2D eigenvalue weighted by Crippen LogP contribution is -2.21. The van der Waals surface area contributed by atoms with Crippen LogP contribution >= 0.6 is 0 Å². The van der Waals surface area contributed by atoms with Crippen molar-refractivity contribution in [1.82, 2.24) is 0 Å². The maximum atomic E-state index is 11.5. The van der Waals surface area contributed by atoms with E-state index in [1.165, 1.54) is 103 Å². The zero-order valence-corrected chi connectivity index (χ0v) is 21.5. The summed E-state index contributed by atoms with van der Waals surface area (Å²) in [5.74, 6) is 0.323. The van der Waals surface area contributed by atoms with Gasteiger partial charge >= 0.3 is 6.16 Å². The molecule has 184 valence electrons. The fourth-order valence-corrected chi connectivity index (χ4v) is 3.53. The van der Waals surface area contributed by atoms with Crippen molar-refractivity contribution >= 4 is 6.16 Å². The maximum absolute atomic E-state index is 11.5. The van der Waals surface area contributed by atoms with Crippen molar-refractivity contribution in [2.75, 3.05) is 6.61 Å². The number of allylic oxidation sites excluding steroid dienone is 2. The van der Waals surface area contributed by atoms with Crippen LogP contribution in [0.25, 0.3) is 0 Å². The molecule has 0 fully saturated rings. The second-order valence-corrected chi connectivity index (χ2v) is 9.52. The van der Waals surface area contributed by atoms with E-state index < -0.39 is 6.16 Å². The second kappa shape index (κ2) is 23.7. The van der Waals surface area contributed by atoms with E-state index in [0.29, 0.717) is 12.5 Å². The number of hydrogen-bond donors (Lipinski definition) is 0. The maximum Gasteiger partial charge on any atom is 0.508 e. The molecule has 0 radical (unpaired) electrons. The van der Waals surface area contributed by atoms with Crippen molar-refractivity contribution in [3.05, 3.63) is 12.2 Å². The van der Waals surface area contributed by atoms with Crippen LogP contribution in [0.4, 0.5) is 4.79 Å². The lowest BCUT2D eigenvalue weighted by Gasteiger charge is -2.16. The number of ether oxygens (including phenoxy) is 2. The van der Waals surface area contributed by atoms with Gasteiger partial charge in [-0.25, -0.2) is 4.79 Å². The molecule has 3 heteroatoms. The van der Waals surface area contributed by atoms with Gasteiger partial charge in [0.1, 0.15) is 6.10 Å². The molecule has 0 aliphatic rings. The minimum absolute atomic E-state index is 0.0844. The highest BCUT2D eigenvalue weighted by atomic mass is 16.7. The Bertz CT molecular complexity index is 403. The lowest BCUT2D eigenvalue weighted by atomic mass is 10.1. The van der Waals surface area contributed by atoms with Gasteiger partial charge in [-0.1, -0.05) is 116 Å². The fraction of sp³-hybridized carbons (Fsp3) is 0.893. The molecule has 0 saturated heterocycles. The van der Waals surface area contributed by atoms with Crippen LogP contribution in [-0.4, -0.2) is 18.9 Å². The second-order valence-electron chi connectivity index (χ2n) is 9.52. The smallest absolute Gasteiger partial charge is 0.434 e. The van der Waals surface area contributed by atoms with Crippen molar-refractivity contribution in [2.45, 2.75) is 149 Å². The number of carbonyl (C=O) groups is 1. The zero-order chi connectivity index (χ0) is 23.0. The fourth-order valence-electron chi connectivity index (χ4n) is 3.53. The van der Waals surface area contributed by atoms with Crippen molar-refractivity contribution in [1.29, 1.82) is 0 Å². The summed E-state index contributed by atoms with van der Waals surface area (Å²) in [5, 5.41) is 0. The molecule has 0 aromatic heterocycles. The van der Waals surface area contributed by atoms with E-state index in [1.807, 2.05) is 20.8 Å². The average Bonchev–Trinajstić information content (AvgIpc) is 2.74. The van der Waals surface area contributed by atoms with Gasteiger partial charge in [-0.15, -0.1) is 0 Å². The van der Waals surface area contributed by atoms with E-state index >= 15 is 0 Å². The minimum Gasteiger partial charge on any atom is -0.434 e. The van der Waals surface area contributed by atoms with Crippen LogP contribution in [0.1, 0.15) is 143 Å². The molecule has 1 atom stereocenters. The van der Waals surface area contributed by atoms with Crippen LogP contribution in [0.2, 0.25) is 0 Å². The van der Waals surface area contributed by atoms with Gasteiger partial charge in [0.15, 0.2) is 0 Å². The van der Waals surface area contributed by atoms with E-state index in [0.717, 1.165) is 12.8 Å². The Morgan fingerprint density at radius 2 is 1.06 bits per heavy atom. The molecule has 0 heterocycles. The summed E-state index contributed by atoms with van der Waals surface area (Å²) in [5.41, 5.74) is 0. The molecule has 1 unspecified atom stereocenters. The first-order valence-corrected chi connectivity index (χ1v) is 13.6. The van der Waals surface area contributed by atoms with Crippen LogP contribution in [0, 0.1) is 5.92 Å². The Kier molecular flexibility index (Phi) is 22.9. The van der Waals surface area contributed by atoms with E-state index in [1.54, 1.807) is 0 Å². The van der Waals surface area contributed by atoms with Crippen LogP contribution in [0.5, 0.6) is 0 Å². The Labute approximate surface area is 194 Å². The molecule has 0 spiro atoms. The molecule has 0 aliphatic carbocycles. The number of rotatable bonds is 22. The van der Waals surface area contributed by atoms with Gasteiger partial charge in [0, 0.05) is 0 Å². The Balaban J connectivity index is 3.20. The predicted molar refractivity (Wildman–Crippen MR) is 135 cm³/mol. The molecule has 0 aromatic carbocycles. The van der Waals surface area contributed by atoms with Crippen LogP contribution < -0.4 is 0 Å². The zero-order valence-electron chi connectivity index (χ0n) is 21.5. The van der Waals surface area contributed by atoms with Gasteiger partial charge in [-0.05, 0) is 44.9 Å². The van der Waals surface area contributed by atoms with Gasteiger partial charge in [-0.2, -0.15) is 0 Å². The summed E-state index contributed by atoms with van der Waals surface area (Å²) in [7, 11) is 0. The van der Waals surface area contributed by atoms with Crippen LogP contribution in [-0.2, 0) is 9.47 Å². The van der Waals surface area contributed by atoms with Gasteiger partial charge in [0.05, 0.1) is 6.61 Å². The minimum atomic E-state index is -0.519. The summed E-state index contributed by atoms with van der Waals surface area (Å²) in [6.07, 6.45) is 27.9. The normalized spacial score (nSPS) is 12.5. The third-order valence-electron chi connectivity index (χ3n) is 6.10. The van der Waals surface area contributed by atoms with Crippen molar-refractivity contribution in [3.63, 3.8) is 0 Å². The molecule has 0 N–H and O–H groups in total. The molecule has 31 heavy (non-hydrogen) atoms. The molecule has 0 aliphatic heterocycles. The van der Waals surface area contributed by atoms with E-state index in [2.05, 4.69) is 19.1 Å². The monoisotopic (exact) mass is 438 g/mol. The first kappa shape index (κ1) is 30.0. The molecule has 0 bridgehead atoms. The number of carbonyl (C=O) groups excluding carboxylic acids is 1. The van der Waals surface area contributed by atoms with E-state index in [4.69, 9.17) is 9.47 Å². The highest BCUT2D eigenvalue weighted by Crippen LogP contribution is 2.13. The molecule has 0 amide bonds. The van der Waals surface area contributed by atoms with Gasteiger partial charge < -0.3 is 9.47 Å². The first-order valence-electron chi connectivity index (χ1n) is 13.6. The Morgan fingerprint density at radius 3 is 1.52 bits per heavy atom. The molecule has 0 aromatic rings. The van der Waals surface area contributed by atoms with Crippen LogP contribution in [0.3, 0.4) is 0 Å². The van der Waals surface area contributed by atoms with Gasteiger partial charge in [0.25, 0.3) is 0 Å². The largest absolute Gasteiger partial charge is 0.508 e. The highest BCUT2D eigenvalue weighted by molar-refractivity contribution is 5.60. The molecular formula is C28H54O3. The lowest BCUT2D eigenvalue weighted by molar-refractivity contribution is 0.0140. The summed E-state index contributed by atoms with van der Waals surface area (Å²) in [6, 6.07) is 0. The van der Waals surface area contributed by atoms with Crippen molar-refractivity contribution in [3.8, 4) is 0 Å². The summed E-state index contributed by atoms with van der Waals surface area (Å²) < 4.78 is 10.3. The number of unbranched alkanes of at least 4 members (excludes halogenated alkanes) is 16. The van der Waals surface area contributed by atoms with Crippen LogP contribution in [0.15, 0.2) is 12.2 Å². The highest BCUT2D eigenvalue weighted by Gasteiger charge is 2.13. The third kappa shape index (κ3) is 23.5. The molecule has 0 rings (SSSR count). The third-order valence-corrected chi connectivity index (χ3v) is 6.10. The molecule has 3 nitrogen and oxygen atoms in total. The molecule has 0 saturated carbocycles. The van der Waals surface area contributed by atoms with Crippen molar-refractivity contribution in [2.24, 2.45) is 5.92 Å². The first-order chi connectivity index (χ1) is 15.1. The van der Waals surface area contributed by atoms with Gasteiger partial charge in [-0.3, -0.25) is 0 Å². The van der Waals surface area contributed by atoms with Gasteiger partial charge in [0.2, 0.25) is 0 Å². The standard InChI is InChI=1S/C28H54O3/c1-5-6-7-8-9-10-11-12-13-14-15-16-17-18-19-20-21-22-23-24-25-30-28(29)31-27(4)26(2)3/h12-13,26-27H,5-11,14-25H2,1-4H3/b13-12-. The quantitative estimate of drug-likeness (QED) is 0.0958. The predicted octanol–water partition coefficient (Wildman–Crippen LogP) is 9.78. The van der Waals surface area contributed by atoms with E-state index in [-0.39, 0.29) is 6.10 Å².